The Labute approximate surface area is 183 Å². The molecule has 1 aromatic heterocycles. The maximum atomic E-state index is 12.6. The average Bonchev–Trinajstić information content (AvgIpc) is 2.73. The second-order valence-corrected chi connectivity index (χ2v) is 9.07. The summed E-state index contributed by atoms with van der Waals surface area (Å²) in [5.74, 6) is 1.29. The Kier molecular flexibility index (Phi) is 6.52. The minimum atomic E-state index is -0.206. The van der Waals surface area contributed by atoms with Crippen LogP contribution in [0.5, 0.6) is 0 Å². The molecular formula is C26H31N3O2. The van der Waals surface area contributed by atoms with Crippen molar-refractivity contribution in [2.45, 2.75) is 39.8 Å². The smallest absolute Gasteiger partial charge is 0.252 e. The lowest BCUT2D eigenvalue weighted by molar-refractivity contribution is -0.120. The number of likely N-dealkylation sites (tertiary alicyclic amines) is 1. The molecule has 0 saturated carbocycles. The van der Waals surface area contributed by atoms with Gasteiger partial charge >= 0.3 is 0 Å². The molecule has 31 heavy (non-hydrogen) atoms. The van der Waals surface area contributed by atoms with Crippen LogP contribution in [0.1, 0.15) is 37.0 Å². The molecule has 2 aromatic carbocycles. The van der Waals surface area contributed by atoms with Gasteiger partial charge in [-0.15, -0.1) is 0 Å². The highest BCUT2D eigenvalue weighted by molar-refractivity contribution is 5.82. The highest BCUT2D eigenvalue weighted by Gasteiger charge is 2.22. The number of hydrogen-bond acceptors (Lipinski definition) is 3. The maximum Gasteiger partial charge on any atom is 0.252 e. The van der Waals surface area contributed by atoms with Gasteiger partial charge in [-0.2, -0.15) is 0 Å². The largest absolute Gasteiger partial charge is 0.352 e. The average molecular weight is 418 g/mol. The number of nitrogens with one attached hydrogen (secondary N) is 2. The van der Waals surface area contributed by atoms with Gasteiger partial charge in [-0.25, -0.2) is 0 Å². The molecule has 5 heteroatoms. The van der Waals surface area contributed by atoms with Gasteiger partial charge in [0.2, 0.25) is 5.91 Å². The summed E-state index contributed by atoms with van der Waals surface area (Å²) >= 11 is 0. The Balaban J connectivity index is 1.40. The van der Waals surface area contributed by atoms with Crippen LogP contribution < -0.4 is 10.9 Å². The minimum absolute atomic E-state index is 0.0729. The predicted molar refractivity (Wildman–Crippen MR) is 125 cm³/mol. The number of benzene rings is 2. The lowest BCUT2D eigenvalue weighted by atomic mass is 9.91. The van der Waals surface area contributed by atoms with Crippen LogP contribution in [0, 0.1) is 11.8 Å². The van der Waals surface area contributed by atoms with Crippen molar-refractivity contribution >= 4 is 16.8 Å². The zero-order chi connectivity index (χ0) is 21.8. The Morgan fingerprint density at radius 3 is 2.45 bits per heavy atom. The molecule has 1 saturated heterocycles. The van der Waals surface area contributed by atoms with Crippen molar-refractivity contribution < 1.29 is 4.79 Å². The molecule has 4 rings (SSSR count). The molecule has 2 unspecified atom stereocenters. The lowest BCUT2D eigenvalue weighted by Crippen LogP contribution is -2.38. The van der Waals surface area contributed by atoms with Gasteiger partial charge in [0, 0.05) is 37.3 Å². The highest BCUT2D eigenvalue weighted by atomic mass is 16.2. The van der Waals surface area contributed by atoms with Crippen LogP contribution >= 0.6 is 0 Å². The van der Waals surface area contributed by atoms with Crippen molar-refractivity contribution in [2.75, 3.05) is 13.1 Å². The van der Waals surface area contributed by atoms with Gasteiger partial charge in [-0.1, -0.05) is 56.3 Å². The van der Waals surface area contributed by atoms with E-state index in [2.05, 4.69) is 47.2 Å². The van der Waals surface area contributed by atoms with Gasteiger partial charge in [0.25, 0.3) is 5.56 Å². The zero-order valence-corrected chi connectivity index (χ0v) is 18.4. The fourth-order valence-electron chi connectivity index (χ4n) is 4.80. The van der Waals surface area contributed by atoms with Gasteiger partial charge < -0.3 is 10.3 Å². The number of aromatic amines is 1. The number of piperidine rings is 1. The summed E-state index contributed by atoms with van der Waals surface area (Å²) in [6.45, 7) is 8.27. The minimum Gasteiger partial charge on any atom is -0.352 e. The third-order valence-corrected chi connectivity index (χ3v) is 6.11. The first-order chi connectivity index (χ1) is 15.0. The highest BCUT2D eigenvalue weighted by Crippen LogP contribution is 2.23. The van der Waals surface area contributed by atoms with Crippen LogP contribution in [0.25, 0.3) is 10.9 Å². The number of carbonyl (C=O) groups is 1. The van der Waals surface area contributed by atoms with Crippen molar-refractivity contribution in [1.29, 1.82) is 0 Å². The van der Waals surface area contributed by atoms with E-state index in [0.717, 1.165) is 47.9 Å². The molecule has 1 amide bonds. The topological polar surface area (TPSA) is 65.2 Å². The van der Waals surface area contributed by atoms with Gasteiger partial charge in [0.1, 0.15) is 0 Å². The molecule has 0 bridgehead atoms. The van der Waals surface area contributed by atoms with E-state index in [1.54, 1.807) is 6.07 Å². The summed E-state index contributed by atoms with van der Waals surface area (Å²) in [6.07, 6.45) is 1.37. The molecule has 3 aromatic rings. The van der Waals surface area contributed by atoms with E-state index in [9.17, 15) is 9.59 Å². The number of aromatic nitrogens is 1. The van der Waals surface area contributed by atoms with E-state index in [0.29, 0.717) is 12.1 Å². The molecule has 0 aliphatic carbocycles. The summed E-state index contributed by atoms with van der Waals surface area (Å²) in [7, 11) is 0. The molecule has 1 aliphatic rings. The predicted octanol–water partition coefficient (Wildman–Crippen LogP) is 3.86. The van der Waals surface area contributed by atoms with Gasteiger partial charge in [-0.3, -0.25) is 14.5 Å². The summed E-state index contributed by atoms with van der Waals surface area (Å²) in [5.41, 5.74) is 3.46. The van der Waals surface area contributed by atoms with Gasteiger partial charge in [0.15, 0.2) is 0 Å². The SMILES string of the molecule is CC1CC(C)CN(Cc2ccccc2CNC(=O)Cc2cc3ccccc3[nH]c2=O)C1. The second kappa shape index (κ2) is 9.48. The van der Waals surface area contributed by atoms with Crippen molar-refractivity contribution in [2.24, 2.45) is 11.8 Å². The molecule has 0 spiro atoms. The molecule has 0 radical (unpaired) electrons. The number of nitrogens with zero attached hydrogens (tertiary/aromatic N) is 1. The molecule has 2 atom stereocenters. The number of H-pyrrole nitrogens is 1. The third kappa shape index (κ3) is 5.42. The number of hydrogen-bond donors (Lipinski definition) is 2. The first-order valence-electron chi connectivity index (χ1n) is 11.1. The maximum absolute atomic E-state index is 12.6. The number of rotatable bonds is 6. The zero-order valence-electron chi connectivity index (χ0n) is 18.4. The van der Waals surface area contributed by atoms with Crippen molar-refractivity contribution in [1.82, 2.24) is 15.2 Å². The molecule has 1 aliphatic heterocycles. The van der Waals surface area contributed by atoms with Gasteiger partial charge in [0.05, 0.1) is 6.42 Å². The number of fused-ring (bicyclic) bond motifs is 1. The molecule has 1 fully saturated rings. The Morgan fingerprint density at radius 1 is 1.00 bits per heavy atom. The Morgan fingerprint density at radius 2 is 1.68 bits per heavy atom. The van der Waals surface area contributed by atoms with Crippen molar-refractivity contribution in [3.8, 4) is 0 Å². The fourth-order valence-corrected chi connectivity index (χ4v) is 4.80. The number of para-hydroxylation sites is 1. The van der Waals surface area contributed by atoms with Crippen molar-refractivity contribution in [3.63, 3.8) is 0 Å². The summed E-state index contributed by atoms with van der Waals surface area (Å²) < 4.78 is 0. The molecule has 5 nitrogen and oxygen atoms in total. The number of pyridine rings is 1. The lowest BCUT2D eigenvalue weighted by Gasteiger charge is -2.35. The standard InChI is InChI=1S/C26H31N3O2/c1-18-11-19(2)16-29(15-18)17-22-9-4-3-8-21(22)14-27-25(30)13-23-12-20-7-5-6-10-24(20)28-26(23)31/h3-10,12,18-19H,11,13-17H2,1-2H3,(H,27,30)(H,28,31). The molecular weight excluding hydrogens is 386 g/mol. The van der Waals surface area contributed by atoms with Crippen LogP contribution in [0.2, 0.25) is 0 Å². The van der Waals surface area contributed by atoms with Crippen LogP contribution in [0.15, 0.2) is 59.4 Å². The van der Waals surface area contributed by atoms with E-state index in [4.69, 9.17) is 0 Å². The number of amides is 1. The quantitative estimate of drug-likeness (QED) is 0.640. The van der Waals surface area contributed by atoms with E-state index in [1.165, 1.54) is 12.0 Å². The number of carbonyl (C=O) groups excluding carboxylic acids is 1. The summed E-state index contributed by atoms with van der Waals surface area (Å²) in [4.78, 5) is 30.3. The molecule has 2 N–H and O–H groups in total. The summed E-state index contributed by atoms with van der Waals surface area (Å²) in [6, 6.07) is 17.7. The van der Waals surface area contributed by atoms with E-state index in [1.807, 2.05) is 30.3 Å². The third-order valence-electron chi connectivity index (χ3n) is 6.11. The Bertz CT molecular complexity index is 1110. The normalized spacial score (nSPS) is 19.4. The Hall–Kier alpha value is -2.92. The first-order valence-corrected chi connectivity index (χ1v) is 11.1. The van der Waals surface area contributed by atoms with E-state index >= 15 is 0 Å². The van der Waals surface area contributed by atoms with Crippen LogP contribution in [0.3, 0.4) is 0 Å². The van der Waals surface area contributed by atoms with E-state index < -0.39 is 0 Å². The first kappa shape index (κ1) is 21.3. The molecule has 162 valence electrons. The monoisotopic (exact) mass is 417 g/mol. The van der Waals surface area contributed by atoms with Crippen LogP contribution in [-0.2, 0) is 24.3 Å². The molecule has 2 heterocycles. The fraction of sp³-hybridized carbons (Fsp3) is 0.385. The van der Waals surface area contributed by atoms with Gasteiger partial charge in [-0.05, 0) is 46.9 Å². The van der Waals surface area contributed by atoms with Crippen molar-refractivity contribution in [3.05, 3.63) is 81.6 Å². The summed E-state index contributed by atoms with van der Waals surface area (Å²) in [5, 5.41) is 3.94. The van der Waals surface area contributed by atoms with E-state index in [-0.39, 0.29) is 17.9 Å². The van der Waals surface area contributed by atoms with Crippen LogP contribution in [-0.4, -0.2) is 28.9 Å². The van der Waals surface area contributed by atoms with Crippen LogP contribution in [0.4, 0.5) is 0 Å². The second-order valence-electron chi connectivity index (χ2n) is 9.07.